The molecule has 1 saturated heterocycles. The molecule has 19 heavy (non-hydrogen) atoms. The molecule has 108 valence electrons. The smallest absolute Gasteiger partial charge is 0.410 e. The van der Waals surface area contributed by atoms with Crippen molar-refractivity contribution in [2.24, 2.45) is 5.84 Å². The summed E-state index contributed by atoms with van der Waals surface area (Å²) in [5.41, 5.74) is 0.801. The number of piperazine rings is 1. The Morgan fingerprint density at radius 2 is 1.95 bits per heavy atom. The molecular formula is C12H22N4O2S. The van der Waals surface area contributed by atoms with Gasteiger partial charge in [0.2, 0.25) is 0 Å². The van der Waals surface area contributed by atoms with Crippen LogP contribution in [0.25, 0.3) is 0 Å². The molecule has 0 aromatic heterocycles. The second kappa shape index (κ2) is 5.60. The average molecular weight is 286 g/mol. The van der Waals surface area contributed by atoms with Gasteiger partial charge in [0.15, 0.2) is 0 Å². The lowest BCUT2D eigenvalue weighted by atomic mass is 10.2. The molecule has 0 bridgehead atoms. The van der Waals surface area contributed by atoms with Crippen LogP contribution in [0.5, 0.6) is 0 Å². The van der Waals surface area contributed by atoms with E-state index in [1.54, 1.807) is 9.31 Å². The summed E-state index contributed by atoms with van der Waals surface area (Å²) in [5, 5.41) is 2.07. The zero-order valence-corrected chi connectivity index (χ0v) is 12.6. The van der Waals surface area contributed by atoms with E-state index in [-0.39, 0.29) is 6.09 Å². The molecule has 1 amide bonds. The number of nitrogens with two attached hydrogens (primary N) is 1. The average Bonchev–Trinajstić information content (AvgIpc) is 2.74. The number of carbonyl (C=O) groups excluding carboxylic acids is 1. The maximum atomic E-state index is 11.9. The Hall–Kier alpha value is -0.920. The van der Waals surface area contributed by atoms with Gasteiger partial charge in [0.1, 0.15) is 5.60 Å². The number of amides is 1. The van der Waals surface area contributed by atoms with E-state index in [1.165, 1.54) is 17.6 Å². The largest absolute Gasteiger partial charge is 0.444 e. The normalized spacial score (nSPS) is 21.6. The molecule has 2 aliphatic heterocycles. The molecule has 0 saturated carbocycles. The Kier molecular flexibility index (Phi) is 4.27. The van der Waals surface area contributed by atoms with E-state index in [4.69, 9.17) is 10.6 Å². The van der Waals surface area contributed by atoms with Gasteiger partial charge in [0, 0.05) is 37.3 Å². The minimum Gasteiger partial charge on any atom is -0.444 e. The van der Waals surface area contributed by atoms with Gasteiger partial charge in [-0.05, 0) is 32.7 Å². The first kappa shape index (κ1) is 14.5. The van der Waals surface area contributed by atoms with Gasteiger partial charge in [-0.2, -0.15) is 4.41 Å². The Labute approximate surface area is 118 Å². The number of ether oxygens (including phenoxy) is 1. The van der Waals surface area contributed by atoms with Crippen molar-refractivity contribution in [3.05, 3.63) is 11.1 Å². The maximum absolute atomic E-state index is 11.9. The lowest BCUT2D eigenvalue weighted by molar-refractivity contribution is 0.0167. The number of hydrogen-bond acceptors (Lipinski definition) is 6. The summed E-state index contributed by atoms with van der Waals surface area (Å²) < 4.78 is 7.08. The van der Waals surface area contributed by atoms with Crippen LogP contribution in [0.1, 0.15) is 20.8 Å². The van der Waals surface area contributed by atoms with Crippen LogP contribution >= 0.6 is 11.9 Å². The summed E-state index contributed by atoms with van der Waals surface area (Å²) in [6.45, 7) is 9.48. The van der Waals surface area contributed by atoms with Gasteiger partial charge in [0.05, 0.1) is 6.54 Å². The van der Waals surface area contributed by atoms with E-state index in [9.17, 15) is 4.79 Å². The van der Waals surface area contributed by atoms with E-state index in [0.717, 1.165) is 19.6 Å². The van der Waals surface area contributed by atoms with Crippen LogP contribution in [0, 0.1) is 0 Å². The first-order chi connectivity index (χ1) is 8.85. The highest BCUT2D eigenvalue weighted by Gasteiger charge is 2.27. The lowest BCUT2D eigenvalue weighted by Gasteiger charge is -2.37. The molecule has 2 rings (SSSR count). The molecule has 7 heteroatoms. The lowest BCUT2D eigenvalue weighted by Crippen LogP contribution is -2.50. The van der Waals surface area contributed by atoms with Crippen molar-refractivity contribution in [2.45, 2.75) is 26.4 Å². The highest BCUT2D eigenvalue weighted by molar-refractivity contribution is 8.00. The summed E-state index contributed by atoms with van der Waals surface area (Å²) >= 11 is 1.52. The molecular weight excluding hydrogens is 264 g/mol. The molecule has 0 radical (unpaired) electrons. The van der Waals surface area contributed by atoms with Crippen LogP contribution in [0.2, 0.25) is 0 Å². The predicted octanol–water partition coefficient (Wildman–Crippen LogP) is 1.22. The zero-order valence-electron chi connectivity index (χ0n) is 11.8. The molecule has 2 N–H and O–H groups in total. The minimum absolute atomic E-state index is 0.220. The SMILES string of the molecule is CC(C)(C)OC(=O)N1CCN(C2=CSN(N)C2)CC1. The van der Waals surface area contributed by atoms with E-state index < -0.39 is 5.60 Å². The fraction of sp³-hybridized carbons (Fsp3) is 0.750. The van der Waals surface area contributed by atoms with Gasteiger partial charge in [-0.25, -0.2) is 4.79 Å². The minimum atomic E-state index is -0.432. The van der Waals surface area contributed by atoms with E-state index in [0.29, 0.717) is 13.1 Å². The Bertz CT molecular complexity index is 372. The van der Waals surface area contributed by atoms with Crippen LogP contribution < -0.4 is 5.84 Å². The van der Waals surface area contributed by atoms with Crippen molar-refractivity contribution < 1.29 is 9.53 Å². The third kappa shape index (κ3) is 4.02. The fourth-order valence-electron chi connectivity index (χ4n) is 2.04. The number of nitrogens with zero attached hydrogens (tertiary/aromatic N) is 3. The van der Waals surface area contributed by atoms with Gasteiger partial charge in [-0.3, -0.25) is 5.84 Å². The van der Waals surface area contributed by atoms with Gasteiger partial charge in [-0.1, -0.05) is 0 Å². The van der Waals surface area contributed by atoms with Gasteiger partial charge < -0.3 is 14.5 Å². The second-order valence-electron chi connectivity index (χ2n) is 5.74. The third-order valence-electron chi connectivity index (χ3n) is 2.98. The summed E-state index contributed by atoms with van der Waals surface area (Å²) in [7, 11) is 0. The third-order valence-corrected chi connectivity index (χ3v) is 3.76. The molecule has 0 aliphatic carbocycles. The van der Waals surface area contributed by atoms with Crippen molar-refractivity contribution in [2.75, 3.05) is 32.7 Å². The standard InChI is InChI=1S/C12H22N4O2S/c1-12(2,3)18-11(17)15-6-4-14(5-7-15)10-8-16(13)19-9-10/h9H,4-8,13H2,1-3H3. The van der Waals surface area contributed by atoms with Crippen molar-refractivity contribution in [3.8, 4) is 0 Å². The molecule has 0 spiro atoms. The Morgan fingerprint density at radius 3 is 2.42 bits per heavy atom. The number of hydrogen-bond donors (Lipinski definition) is 1. The Balaban J connectivity index is 1.81. The first-order valence-electron chi connectivity index (χ1n) is 6.46. The van der Waals surface area contributed by atoms with Gasteiger partial charge in [0.25, 0.3) is 0 Å². The van der Waals surface area contributed by atoms with Crippen molar-refractivity contribution in [1.29, 1.82) is 0 Å². The predicted molar refractivity (Wildman–Crippen MR) is 75.9 cm³/mol. The van der Waals surface area contributed by atoms with E-state index in [2.05, 4.69) is 10.3 Å². The Morgan fingerprint density at radius 1 is 1.32 bits per heavy atom. The monoisotopic (exact) mass is 286 g/mol. The number of hydrazine groups is 1. The van der Waals surface area contributed by atoms with Gasteiger partial charge in [-0.15, -0.1) is 0 Å². The second-order valence-corrected chi connectivity index (χ2v) is 6.66. The van der Waals surface area contributed by atoms with Crippen LogP contribution in [0.4, 0.5) is 4.79 Å². The number of carbonyl (C=O) groups is 1. The molecule has 2 aliphatic rings. The van der Waals surface area contributed by atoms with Crippen molar-refractivity contribution >= 4 is 18.0 Å². The summed E-state index contributed by atoms with van der Waals surface area (Å²) in [4.78, 5) is 16.0. The topological polar surface area (TPSA) is 62.0 Å². The van der Waals surface area contributed by atoms with Crippen LogP contribution in [-0.2, 0) is 4.74 Å². The number of rotatable bonds is 1. The summed E-state index contributed by atoms with van der Waals surface area (Å²) in [6, 6.07) is 0. The fourth-order valence-corrected chi connectivity index (χ4v) is 2.73. The molecule has 2 heterocycles. The van der Waals surface area contributed by atoms with Gasteiger partial charge >= 0.3 is 6.09 Å². The highest BCUT2D eigenvalue weighted by atomic mass is 32.2. The molecule has 0 unspecified atom stereocenters. The maximum Gasteiger partial charge on any atom is 0.410 e. The van der Waals surface area contributed by atoms with E-state index in [1.807, 2.05) is 20.8 Å². The van der Waals surface area contributed by atoms with Crippen LogP contribution in [0.15, 0.2) is 11.1 Å². The summed E-state index contributed by atoms with van der Waals surface area (Å²) in [5.74, 6) is 5.71. The highest BCUT2D eigenvalue weighted by Crippen LogP contribution is 2.24. The van der Waals surface area contributed by atoms with E-state index >= 15 is 0 Å². The van der Waals surface area contributed by atoms with Crippen LogP contribution in [-0.4, -0.2) is 58.6 Å². The molecule has 6 nitrogen and oxygen atoms in total. The zero-order chi connectivity index (χ0) is 14.0. The molecule has 0 aromatic rings. The molecule has 0 aromatic carbocycles. The molecule has 0 atom stereocenters. The summed E-state index contributed by atoms with van der Waals surface area (Å²) in [6.07, 6.45) is -0.220. The first-order valence-corrected chi connectivity index (χ1v) is 7.30. The quantitative estimate of drug-likeness (QED) is 0.577. The molecule has 1 fully saturated rings. The van der Waals surface area contributed by atoms with Crippen molar-refractivity contribution in [1.82, 2.24) is 14.2 Å². The van der Waals surface area contributed by atoms with Crippen molar-refractivity contribution in [3.63, 3.8) is 0 Å². The van der Waals surface area contributed by atoms with Crippen LogP contribution in [0.3, 0.4) is 0 Å².